The third kappa shape index (κ3) is 3.36. The second-order valence-corrected chi connectivity index (χ2v) is 4.03. The van der Waals surface area contributed by atoms with Gasteiger partial charge in [0, 0.05) is 6.54 Å². The van der Waals surface area contributed by atoms with E-state index in [0.29, 0.717) is 6.54 Å². The van der Waals surface area contributed by atoms with Crippen molar-refractivity contribution in [2.45, 2.75) is 19.0 Å². The summed E-state index contributed by atoms with van der Waals surface area (Å²) in [6, 6.07) is 3.26. The highest BCUT2D eigenvalue weighted by atomic mass is 16.3. The average Bonchev–Trinajstić information content (AvgIpc) is 2.70. The largest absolute Gasteiger partial charge is 0.468 e. The molecule has 0 bridgehead atoms. The number of amides is 1. The Hall–Kier alpha value is -1.33. The second-order valence-electron chi connectivity index (χ2n) is 4.03. The molecular formula is C11H19N3O2. The lowest BCUT2D eigenvalue weighted by Gasteiger charge is -2.23. The Morgan fingerprint density at radius 3 is 2.75 bits per heavy atom. The molecule has 0 radical (unpaired) electrons. The number of carbonyl (C=O) groups is 1. The van der Waals surface area contributed by atoms with E-state index in [9.17, 15) is 4.79 Å². The van der Waals surface area contributed by atoms with Gasteiger partial charge >= 0.3 is 0 Å². The Morgan fingerprint density at radius 2 is 2.31 bits per heavy atom. The monoisotopic (exact) mass is 225 g/mol. The third-order valence-corrected chi connectivity index (χ3v) is 2.38. The van der Waals surface area contributed by atoms with Crippen molar-refractivity contribution >= 4 is 5.91 Å². The summed E-state index contributed by atoms with van der Waals surface area (Å²) in [7, 11) is 3.87. The number of nitrogens with one attached hydrogen (secondary N) is 1. The zero-order valence-electron chi connectivity index (χ0n) is 9.93. The van der Waals surface area contributed by atoms with Crippen molar-refractivity contribution in [1.82, 2.24) is 10.2 Å². The number of hydrogen-bond acceptors (Lipinski definition) is 4. The fourth-order valence-electron chi connectivity index (χ4n) is 1.38. The molecule has 3 N–H and O–H groups in total. The molecule has 0 saturated carbocycles. The minimum Gasteiger partial charge on any atom is -0.468 e. The summed E-state index contributed by atoms with van der Waals surface area (Å²) < 4.78 is 5.33. The first-order valence-corrected chi connectivity index (χ1v) is 5.25. The summed E-state index contributed by atoms with van der Waals surface area (Å²) >= 11 is 0. The highest BCUT2D eigenvalue weighted by molar-refractivity contribution is 5.80. The van der Waals surface area contributed by atoms with Gasteiger partial charge in [-0.15, -0.1) is 0 Å². The molecule has 90 valence electrons. The zero-order chi connectivity index (χ0) is 12.1. The summed E-state index contributed by atoms with van der Waals surface area (Å²) in [4.78, 5) is 13.3. The van der Waals surface area contributed by atoms with Gasteiger partial charge in [-0.05, 0) is 33.2 Å². The summed E-state index contributed by atoms with van der Waals surface area (Å²) in [6.45, 7) is 2.15. The lowest BCUT2D eigenvalue weighted by Crippen LogP contribution is -2.42. The van der Waals surface area contributed by atoms with Gasteiger partial charge in [0.15, 0.2) is 0 Å². The fraction of sp³-hybridized carbons (Fsp3) is 0.545. The lowest BCUT2D eigenvalue weighted by molar-refractivity contribution is -0.122. The number of carbonyl (C=O) groups excluding carboxylic acids is 1. The molecule has 16 heavy (non-hydrogen) atoms. The molecule has 1 rings (SSSR count). The van der Waals surface area contributed by atoms with Crippen molar-refractivity contribution in [2.75, 3.05) is 20.6 Å². The van der Waals surface area contributed by atoms with Gasteiger partial charge in [0.25, 0.3) is 0 Å². The first-order chi connectivity index (χ1) is 7.52. The van der Waals surface area contributed by atoms with Crippen LogP contribution in [-0.4, -0.2) is 37.5 Å². The second kappa shape index (κ2) is 5.67. The van der Waals surface area contributed by atoms with Crippen molar-refractivity contribution in [1.29, 1.82) is 0 Å². The van der Waals surface area contributed by atoms with E-state index in [0.717, 1.165) is 5.76 Å². The highest BCUT2D eigenvalue weighted by Crippen LogP contribution is 2.17. The van der Waals surface area contributed by atoms with Gasteiger partial charge in [-0.3, -0.25) is 9.69 Å². The smallest absolute Gasteiger partial charge is 0.236 e. The van der Waals surface area contributed by atoms with Crippen LogP contribution < -0.4 is 11.1 Å². The standard InChI is InChI=1S/C11H19N3O2/c1-8(12)11(15)13-7-9(14(2)3)10-5-4-6-16-10/h4-6,8-9H,7,12H2,1-3H3,(H,13,15)/t8-,9?/m0/s1. The first kappa shape index (κ1) is 12.7. The van der Waals surface area contributed by atoms with E-state index in [1.807, 2.05) is 31.1 Å². The number of likely N-dealkylation sites (N-methyl/N-ethyl adjacent to an activating group) is 1. The maximum atomic E-state index is 11.4. The van der Waals surface area contributed by atoms with Crippen LogP contribution in [0.2, 0.25) is 0 Å². The molecule has 5 heteroatoms. The number of nitrogens with two attached hydrogens (primary N) is 1. The predicted octanol–water partition coefficient (Wildman–Crippen LogP) is 0.346. The minimum atomic E-state index is -0.487. The molecule has 1 aromatic heterocycles. The molecule has 0 aliphatic rings. The summed E-state index contributed by atoms with van der Waals surface area (Å²) in [6.07, 6.45) is 1.62. The third-order valence-electron chi connectivity index (χ3n) is 2.38. The number of rotatable bonds is 5. The van der Waals surface area contributed by atoms with Crippen LogP contribution >= 0.6 is 0 Å². The summed E-state index contributed by atoms with van der Waals surface area (Å²) in [5, 5.41) is 2.79. The number of furan rings is 1. The van der Waals surface area contributed by atoms with Crippen molar-refractivity contribution in [3.05, 3.63) is 24.2 Å². The molecule has 1 unspecified atom stereocenters. The highest BCUT2D eigenvalue weighted by Gasteiger charge is 2.18. The zero-order valence-corrected chi connectivity index (χ0v) is 9.93. The van der Waals surface area contributed by atoms with Crippen molar-refractivity contribution in [3.8, 4) is 0 Å². The fourth-order valence-corrected chi connectivity index (χ4v) is 1.38. The van der Waals surface area contributed by atoms with Crippen LogP contribution in [0.3, 0.4) is 0 Å². The van der Waals surface area contributed by atoms with E-state index in [2.05, 4.69) is 5.32 Å². The van der Waals surface area contributed by atoms with Crippen LogP contribution in [0.1, 0.15) is 18.7 Å². The van der Waals surface area contributed by atoms with Crippen LogP contribution in [0, 0.1) is 0 Å². The molecular weight excluding hydrogens is 206 g/mol. The lowest BCUT2D eigenvalue weighted by atomic mass is 10.2. The molecule has 1 aromatic rings. The molecule has 0 spiro atoms. The molecule has 0 aliphatic carbocycles. The number of hydrogen-bond donors (Lipinski definition) is 2. The maximum absolute atomic E-state index is 11.4. The molecule has 0 aromatic carbocycles. The first-order valence-electron chi connectivity index (χ1n) is 5.25. The van der Waals surface area contributed by atoms with Gasteiger partial charge in [-0.2, -0.15) is 0 Å². The SMILES string of the molecule is C[C@H](N)C(=O)NCC(c1ccco1)N(C)C. The van der Waals surface area contributed by atoms with Gasteiger partial charge < -0.3 is 15.5 Å². The molecule has 2 atom stereocenters. The van der Waals surface area contributed by atoms with Gasteiger partial charge in [0.2, 0.25) is 5.91 Å². The van der Waals surface area contributed by atoms with Gasteiger partial charge in [-0.1, -0.05) is 0 Å². The molecule has 5 nitrogen and oxygen atoms in total. The van der Waals surface area contributed by atoms with E-state index >= 15 is 0 Å². The molecule has 1 heterocycles. The van der Waals surface area contributed by atoms with Crippen LogP contribution in [0.15, 0.2) is 22.8 Å². The Kier molecular flexibility index (Phi) is 4.52. The minimum absolute atomic E-state index is 0.0256. The van der Waals surface area contributed by atoms with Gasteiger partial charge in [0.1, 0.15) is 5.76 Å². The Labute approximate surface area is 95.6 Å². The normalized spacial score (nSPS) is 14.8. The van der Waals surface area contributed by atoms with Crippen molar-refractivity contribution in [3.63, 3.8) is 0 Å². The van der Waals surface area contributed by atoms with E-state index in [4.69, 9.17) is 10.2 Å². The molecule has 1 amide bonds. The molecule has 0 fully saturated rings. The number of nitrogens with zero attached hydrogens (tertiary/aromatic N) is 1. The van der Waals surface area contributed by atoms with E-state index in [1.54, 1.807) is 13.2 Å². The predicted molar refractivity (Wildman–Crippen MR) is 61.8 cm³/mol. The maximum Gasteiger partial charge on any atom is 0.236 e. The van der Waals surface area contributed by atoms with Crippen LogP contribution in [0.4, 0.5) is 0 Å². The average molecular weight is 225 g/mol. The Morgan fingerprint density at radius 1 is 1.62 bits per heavy atom. The van der Waals surface area contributed by atoms with E-state index < -0.39 is 6.04 Å². The van der Waals surface area contributed by atoms with Crippen LogP contribution in [0.25, 0.3) is 0 Å². The summed E-state index contributed by atoms with van der Waals surface area (Å²) in [5.74, 6) is 0.674. The van der Waals surface area contributed by atoms with Crippen LogP contribution in [-0.2, 0) is 4.79 Å². The summed E-state index contributed by atoms with van der Waals surface area (Å²) in [5.41, 5.74) is 5.47. The Bertz CT molecular complexity index is 320. The van der Waals surface area contributed by atoms with Crippen molar-refractivity contribution in [2.24, 2.45) is 5.73 Å². The quantitative estimate of drug-likeness (QED) is 0.758. The molecule has 0 aliphatic heterocycles. The van der Waals surface area contributed by atoms with E-state index in [-0.39, 0.29) is 11.9 Å². The van der Waals surface area contributed by atoms with Gasteiger partial charge in [-0.25, -0.2) is 0 Å². The van der Waals surface area contributed by atoms with E-state index in [1.165, 1.54) is 0 Å². The Balaban J connectivity index is 2.57. The molecule has 0 saturated heterocycles. The van der Waals surface area contributed by atoms with Gasteiger partial charge in [0.05, 0.1) is 18.3 Å². The van der Waals surface area contributed by atoms with Crippen LogP contribution in [0.5, 0.6) is 0 Å². The van der Waals surface area contributed by atoms with Crippen molar-refractivity contribution < 1.29 is 9.21 Å². The topological polar surface area (TPSA) is 71.5 Å².